The minimum Gasteiger partial charge on any atom is -0.384 e. The largest absolute Gasteiger partial charge is 0.384 e. The average Bonchev–Trinajstić information content (AvgIpc) is 3.36. The number of nitrogens with zero attached hydrogens (tertiary/aromatic N) is 2. The number of methoxy groups -OCH3 is 1. The number of anilines is 1. The number of carbonyl (C=O) groups excluding carboxylic acids is 1. The van der Waals surface area contributed by atoms with Crippen molar-refractivity contribution in [1.29, 1.82) is 0 Å². The molecule has 1 aromatic rings. The SMILES string of the molecule is COCC1(c2ccc(N3C[C@@]4(C(N)=O)[CH]CCCN4S3(=O)=O)cc2)CC1. The number of benzene rings is 1. The molecule has 141 valence electrons. The lowest BCUT2D eigenvalue weighted by Gasteiger charge is -2.35. The normalized spacial score (nSPS) is 29.3. The second kappa shape index (κ2) is 5.94. The van der Waals surface area contributed by atoms with Crippen LogP contribution in [0.25, 0.3) is 0 Å². The van der Waals surface area contributed by atoms with Crippen LogP contribution in [-0.4, -0.2) is 51.0 Å². The zero-order chi connectivity index (χ0) is 18.6. The van der Waals surface area contributed by atoms with Gasteiger partial charge in [0.1, 0.15) is 5.54 Å². The zero-order valence-corrected chi connectivity index (χ0v) is 15.7. The molecule has 3 fully saturated rings. The van der Waals surface area contributed by atoms with Crippen LogP contribution in [0, 0.1) is 6.42 Å². The molecule has 2 N–H and O–H groups in total. The first-order valence-corrected chi connectivity index (χ1v) is 10.3. The summed E-state index contributed by atoms with van der Waals surface area (Å²) in [6.45, 7) is 1.02. The molecule has 4 rings (SSSR count). The molecule has 1 aliphatic carbocycles. The predicted molar refractivity (Wildman–Crippen MR) is 97.7 cm³/mol. The molecule has 0 bridgehead atoms. The van der Waals surface area contributed by atoms with Crippen molar-refractivity contribution in [2.75, 3.05) is 31.1 Å². The highest BCUT2D eigenvalue weighted by Gasteiger charge is 2.59. The van der Waals surface area contributed by atoms with E-state index in [-0.39, 0.29) is 12.0 Å². The highest BCUT2D eigenvalue weighted by molar-refractivity contribution is 7.90. The summed E-state index contributed by atoms with van der Waals surface area (Å²) in [5.41, 5.74) is 6.15. The number of hydrogen-bond acceptors (Lipinski definition) is 4. The van der Waals surface area contributed by atoms with E-state index in [4.69, 9.17) is 10.5 Å². The summed E-state index contributed by atoms with van der Waals surface area (Å²) in [7, 11) is -2.08. The zero-order valence-electron chi connectivity index (χ0n) is 14.8. The van der Waals surface area contributed by atoms with E-state index in [0.717, 1.165) is 18.4 Å². The van der Waals surface area contributed by atoms with Crippen molar-refractivity contribution < 1.29 is 17.9 Å². The van der Waals surface area contributed by atoms with Crippen molar-refractivity contribution >= 4 is 21.8 Å². The summed E-state index contributed by atoms with van der Waals surface area (Å²) in [5, 5.41) is 0. The van der Waals surface area contributed by atoms with Crippen molar-refractivity contribution in [2.24, 2.45) is 5.73 Å². The van der Waals surface area contributed by atoms with E-state index in [1.165, 1.54) is 8.61 Å². The third kappa shape index (κ3) is 2.46. The van der Waals surface area contributed by atoms with Gasteiger partial charge in [-0.15, -0.1) is 0 Å². The lowest BCUT2D eigenvalue weighted by Crippen LogP contribution is -2.59. The number of fused-ring (bicyclic) bond motifs is 1. The van der Waals surface area contributed by atoms with E-state index in [0.29, 0.717) is 31.7 Å². The van der Waals surface area contributed by atoms with E-state index in [1.807, 2.05) is 24.3 Å². The first-order chi connectivity index (χ1) is 12.4. The van der Waals surface area contributed by atoms with Gasteiger partial charge < -0.3 is 10.5 Å². The molecule has 2 heterocycles. The summed E-state index contributed by atoms with van der Waals surface area (Å²) >= 11 is 0. The molecule has 3 aliphatic rings. The van der Waals surface area contributed by atoms with E-state index in [2.05, 4.69) is 0 Å². The third-order valence-electron chi connectivity index (χ3n) is 5.90. The molecule has 1 aromatic carbocycles. The topological polar surface area (TPSA) is 92.9 Å². The Bertz CT molecular complexity index is 819. The van der Waals surface area contributed by atoms with Crippen molar-refractivity contribution in [3.63, 3.8) is 0 Å². The fourth-order valence-electron chi connectivity index (χ4n) is 4.21. The second-order valence-corrected chi connectivity index (χ2v) is 9.26. The van der Waals surface area contributed by atoms with Gasteiger partial charge in [0, 0.05) is 19.1 Å². The van der Waals surface area contributed by atoms with E-state index in [9.17, 15) is 13.2 Å². The number of primary amides is 1. The number of nitrogens with two attached hydrogens (primary N) is 1. The van der Waals surface area contributed by atoms with Crippen LogP contribution in [0.3, 0.4) is 0 Å². The minimum absolute atomic E-state index is 0.0349. The van der Waals surface area contributed by atoms with Crippen molar-refractivity contribution in [3.05, 3.63) is 36.2 Å². The maximum Gasteiger partial charge on any atom is 0.305 e. The van der Waals surface area contributed by atoms with Gasteiger partial charge >= 0.3 is 10.2 Å². The fraction of sp³-hybridized carbons (Fsp3) is 0.556. The molecule has 1 saturated carbocycles. The maximum absolute atomic E-state index is 13.0. The Kier molecular flexibility index (Phi) is 4.05. The number of rotatable bonds is 5. The van der Waals surface area contributed by atoms with Crippen LogP contribution in [0.1, 0.15) is 31.2 Å². The number of amides is 1. The molecule has 8 heteroatoms. The number of hydrogen-bond donors (Lipinski definition) is 1. The molecule has 2 saturated heterocycles. The lowest BCUT2D eigenvalue weighted by molar-refractivity contribution is -0.125. The van der Waals surface area contributed by atoms with E-state index >= 15 is 0 Å². The molecule has 0 spiro atoms. The first-order valence-electron chi connectivity index (χ1n) is 8.90. The highest BCUT2D eigenvalue weighted by atomic mass is 32.2. The third-order valence-corrected chi connectivity index (χ3v) is 7.86. The Morgan fingerprint density at radius 2 is 1.96 bits per heavy atom. The van der Waals surface area contributed by atoms with Crippen LogP contribution >= 0.6 is 0 Å². The monoisotopic (exact) mass is 378 g/mol. The highest BCUT2D eigenvalue weighted by Crippen LogP contribution is 2.49. The van der Waals surface area contributed by atoms with Crippen LogP contribution in [0.4, 0.5) is 5.69 Å². The first kappa shape index (κ1) is 17.8. The van der Waals surface area contributed by atoms with Gasteiger partial charge in [0.05, 0.1) is 18.8 Å². The molecule has 1 amide bonds. The number of ether oxygens (including phenoxy) is 1. The standard InChI is InChI=1S/C18H24N3O4S/c1-25-13-17(9-10-17)14-4-6-15(7-5-14)20-12-18(16(19)22)8-2-3-11-21(18)26(20,23)24/h4-8H,2-3,9-13H2,1H3,(H2,19,22)/t18-/m1/s1. The van der Waals surface area contributed by atoms with E-state index < -0.39 is 21.7 Å². The van der Waals surface area contributed by atoms with Gasteiger partial charge in [-0.3, -0.25) is 9.10 Å². The molecule has 1 atom stereocenters. The molecule has 1 radical (unpaired) electrons. The van der Waals surface area contributed by atoms with Crippen molar-refractivity contribution in [1.82, 2.24) is 4.31 Å². The predicted octanol–water partition coefficient (Wildman–Crippen LogP) is 0.954. The quantitative estimate of drug-likeness (QED) is 0.826. The molecule has 7 nitrogen and oxygen atoms in total. The van der Waals surface area contributed by atoms with Gasteiger partial charge in [-0.2, -0.15) is 12.7 Å². The fourth-order valence-corrected chi connectivity index (χ4v) is 6.19. The maximum atomic E-state index is 13.0. The summed E-state index contributed by atoms with van der Waals surface area (Å²) in [4.78, 5) is 12.1. The van der Waals surface area contributed by atoms with Gasteiger partial charge in [0.2, 0.25) is 5.91 Å². The molecule has 2 aliphatic heterocycles. The Morgan fingerprint density at radius 1 is 1.27 bits per heavy atom. The molecule has 0 aromatic heterocycles. The van der Waals surface area contributed by atoms with Crippen molar-refractivity contribution in [2.45, 2.75) is 36.6 Å². The molecular weight excluding hydrogens is 354 g/mol. The molecular formula is C18H24N3O4S. The molecule has 0 unspecified atom stereocenters. The Balaban J connectivity index is 1.67. The Hall–Kier alpha value is -1.64. The minimum atomic E-state index is -3.78. The summed E-state index contributed by atoms with van der Waals surface area (Å²) in [5.74, 6) is -0.614. The summed E-state index contributed by atoms with van der Waals surface area (Å²) in [6.07, 6.45) is 5.29. The summed E-state index contributed by atoms with van der Waals surface area (Å²) in [6, 6.07) is 7.56. The number of carbonyl (C=O) groups is 1. The number of piperidine rings is 1. The van der Waals surface area contributed by atoms with Gasteiger partial charge in [-0.1, -0.05) is 12.1 Å². The van der Waals surface area contributed by atoms with Gasteiger partial charge in [-0.25, -0.2) is 0 Å². The van der Waals surface area contributed by atoms with Crippen LogP contribution in [0.5, 0.6) is 0 Å². The average molecular weight is 378 g/mol. The van der Waals surface area contributed by atoms with E-state index in [1.54, 1.807) is 13.5 Å². The Labute approximate surface area is 154 Å². The second-order valence-electron chi connectivity index (χ2n) is 7.48. The molecule has 26 heavy (non-hydrogen) atoms. The van der Waals surface area contributed by atoms with Crippen molar-refractivity contribution in [3.8, 4) is 0 Å². The lowest BCUT2D eigenvalue weighted by atomic mass is 9.88. The smallest absolute Gasteiger partial charge is 0.305 e. The summed E-state index contributed by atoms with van der Waals surface area (Å²) < 4.78 is 34.0. The van der Waals surface area contributed by atoms with Gasteiger partial charge in [-0.05, 0) is 49.8 Å². The van der Waals surface area contributed by atoms with Crippen LogP contribution in [0.2, 0.25) is 0 Å². The van der Waals surface area contributed by atoms with Gasteiger partial charge in [0.15, 0.2) is 0 Å². The van der Waals surface area contributed by atoms with Gasteiger partial charge in [0.25, 0.3) is 0 Å². The van der Waals surface area contributed by atoms with Crippen LogP contribution in [-0.2, 0) is 25.2 Å². The van der Waals surface area contributed by atoms with Crippen LogP contribution in [0.15, 0.2) is 24.3 Å². The Morgan fingerprint density at radius 3 is 2.50 bits per heavy atom. The van der Waals surface area contributed by atoms with Crippen LogP contribution < -0.4 is 10.0 Å².